The van der Waals surface area contributed by atoms with Crippen molar-refractivity contribution in [1.29, 1.82) is 0 Å². The van der Waals surface area contributed by atoms with Gasteiger partial charge in [0.2, 0.25) is 0 Å². The highest BCUT2D eigenvalue weighted by Gasteiger charge is 2.41. The molecule has 1 aromatic heterocycles. The third kappa shape index (κ3) is 6.02. The quantitative estimate of drug-likeness (QED) is 0.508. The third-order valence-corrected chi connectivity index (χ3v) is 7.72. The van der Waals surface area contributed by atoms with E-state index in [0.717, 1.165) is 55.2 Å². The number of alkyl halides is 1. The van der Waals surface area contributed by atoms with E-state index in [0.29, 0.717) is 18.2 Å². The Bertz CT molecular complexity index is 1030. The lowest BCUT2D eigenvalue weighted by Gasteiger charge is -2.36. The van der Waals surface area contributed by atoms with E-state index in [-0.39, 0.29) is 18.0 Å². The first-order chi connectivity index (χ1) is 16.8. The van der Waals surface area contributed by atoms with Crippen molar-refractivity contribution in [2.45, 2.75) is 75.6 Å². The summed E-state index contributed by atoms with van der Waals surface area (Å²) in [6.07, 6.45) is 3.68. The Morgan fingerprint density at radius 1 is 1.11 bits per heavy atom. The molecule has 2 aliphatic rings. The van der Waals surface area contributed by atoms with Gasteiger partial charge < -0.3 is 20.4 Å². The van der Waals surface area contributed by atoms with Gasteiger partial charge in [0.15, 0.2) is 12.2 Å². The summed E-state index contributed by atoms with van der Waals surface area (Å²) in [7, 11) is 0. The molecule has 7 nitrogen and oxygen atoms in total. The molecule has 1 aliphatic heterocycles. The normalized spacial score (nSPS) is 24.1. The molecule has 3 N–H and O–H groups in total. The molecular weight excluding hydrogens is 466 g/mol. The zero-order valence-electron chi connectivity index (χ0n) is 20.1. The fourth-order valence-corrected chi connectivity index (χ4v) is 5.77. The highest BCUT2D eigenvalue weighted by atomic mass is 35.5. The van der Waals surface area contributed by atoms with Crippen LogP contribution in [0.4, 0.5) is 0 Å². The number of carbonyl (C=O) groups excluding carboxylic acids is 2. The SMILES string of the molecule is Cc1ccccc1-c1ccc(CNC(=O)[C@H](O)[C@@H](O)C(=O)N2CCCC2[C@H]2CCCC(Cl)C2)nc1. The van der Waals surface area contributed by atoms with Gasteiger partial charge in [0.1, 0.15) is 0 Å². The number of aliphatic hydroxyl groups excluding tert-OH is 2. The Balaban J connectivity index is 1.31. The molecule has 1 saturated carbocycles. The molecule has 35 heavy (non-hydrogen) atoms. The van der Waals surface area contributed by atoms with Crippen LogP contribution in [0.1, 0.15) is 49.8 Å². The number of aliphatic hydroxyl groups is 2. The minimum Gasteiger partial charge on any atom is -0.380 e. The number of rotatable bonds is 7. The standard InChI is InChI=1S/C27H34ClN3O4/c1-17-6-2-3-9-22(17)19-11-12-21(29-15-19)16-30-26(34)24(32)25(33)27(35)31-13-5-10-23(31)18-7-4-8-20(28)14-18/h2-3,6,9,11-12,15,18,20,23-25,32-33H,4-5,7-8,10,13-14,16H2,1H3,(H,30,34)/t18-,20?,23?,24+,25+/m0/s1. The first-order valence-electron chi connectivity index (χ1n) is 12.4. The third-order valence-electron chi connectivity index (χ3n) is 7.32. The van der Waals surface area contributed by atoms with Crippen LogP contribution in [0.3, 0.4) is 0 Å². The molecule has 0 radical (unpaired) electrons. The molecule has 1 saturated heterocycles. The summed E-state index contributed by atoms with van der Waals surface area (Å²) in [6.45, 7) is 2.64. The van der Waals surface area contributed by atoms with Crippen LogP contribution in [0.15, 0.2) is 42.6 Å². The molecule has 2 fully saturated rings. The van der Waals surface area contributed by atoms with E-state index in [4.69, 9.17) is 11.6 Å². The van der Waals surface area contributed by atoms with Crippen molar-refractivity contribution in [3.8, 4) is 11.1 Å². The average Bonchev–Trinajstić information content (AvgIpc) is 3.37. The number of halogens is 1. The fraction of sp³-hybridized carbons (Fsp3) is 0.519. The molecule has 2 heterocycles. The van der Waals surface area contributed by atoms with E-state index in [1.54, 1.807) is 17.2 Å². The zero-order valence-corrected chi connectivity index (χ0v) is 20.8. The number of hydrogen-bond acceptors (Lipinski definition) is 5. The molecular formula is C27H34ClN3O4. The van der Waals surface area contributed by atoms with Crippen LogP contribution in [0.5, 0.6) is 0 Å². The van der Waals surface area contributed by atoms with Gasteiger partial charge in [-0.05, 0) is 62.1 Å². The molecule has 2 unspecified atom stereocenters. The van der Waals surface area contributed by atoms with Crippen LogP contribution in [-0.4, -0.2) is 62.1 Å². The number of carbonyl (C=O) groups is 2. The van der Waals surface area contributed by atoms with Gasteiger partial charge in [-0.15, -0.1) is 11.6 Å². The summed E-state index contributed by atoms with van der Waals surface area (Å²) in [4.78, 5) is 31.5. The lowest BCUT2D eigenvalue weighted by atomic mass is 9.82. The van der Waals surface area contributed by atoms with Gasteiger partial charge >= 0.3 is 0 Å². The number of aryl methyl sites for hydroxylation is 1. The van der Waals surface area contributed by atoms with Crippen LogP contribution in [0.2, 0.25) is 0 Å². The zero-order chi connectivity index (χ0) is 24.9. The second-order valence-corrected chi connectivity index (χ2v) is 10.3. The first kappa shape index (κ1) is 25.6. The van der Waals surface area contributed by atoms with Crippen molar-refractivity contribution >= 4 is 23.4 Å². The number of amides is 2. The summed E-state index contributed by atoms with van der Waals surface area (Å²) < 4.78 is 0. The van der Waals surface area contributed by atoms with Crippen LogP contribution in [0.25, 0.3) is 11.1 Å². The van der Waals surface area contributed by atoms with Crippen molar-refractivity contribution in [2.24, 2.45) is 5.92 Å². The predicted molar refractivity (Wildman–Crippen MR) is 135 cm³/mol. The Hall–Kier alpha value is -2.48. The van der Waals surface area contributed by atoms with E-state index in [1.807, 2.05) is 37.3 Å². The lowest BCUT2D eigenvalue weighted by molar-refractivity contribution is -0.154. The van der Waals surface area contributed by atoms with Gasteiger partial charge in [0.25, 0.3) is 11.8 Å². The molecule has 8 heteroatoms. The molecule has 5 atom stereocenters. The van der Waals surface area contributed by atoms with Crippen LogP contribution >= 0.6 is 11.6 Å². The van der Waals surface area contributed by atoms with Crippen molar-refractivity contribution in [3.63, 3.8) is 0 Å². The summed E-state index contributed by atoms with van der Waals surface area (Å²) in [5.74, 6) is -1.10. The molecule has 1 aliphatic carbocycles. The topological polar surface area (TPSA) is 103 Å². The molecule has 2 amide bonds. The summed E-state index contributed by atoms with van der Waals surface area (Å²) in [6, 6.07) is 11.7. The average molecular weight is 500 g/mol. The van der Waals surface area contributed by atoms with Crippen molar-refractivity contribution in [3.05, 3.63) is 53.9 Å². The molecule has 0 bridgehead atoms. The molecule has 188 valence electrons. The molecule has 2 aromatic rings. The second kappa shape index (κ2) is 11.5. The van der Waals surface area contributed by atoms with Gasteiger partial charge in [-0.1, -0.05) is 36.8 Å². The molecule has 0 spiro atoms. The van der Waals surface area contributed by atoms with Gasteiger partial charge in [-0.25, -0.2) is 0 Å². The minimum atomic E-state index is -1.85. The number of aromatic nitrogens is 1. The van der Waals surface area contributed by atoms with Crippen molar-refractivity contribution in [1.82, 2.24) is 15.2 Å². The number of nitrogens with zero attached hydrogens (tertiary/aromatic N) is 2. The number of likely N-dealkylation sites (tertiary alicyclic amines) is 1. The van der Waals surface area contributed by atoms with Gasteiger partial charge in [0, 0.05) is 29.7 Å². The van der Waals surface area contributed by atoms with E-state index in [1.165, 1.54) is 0 Å². The van der Waals surface area contributed by atoms with E-state index >= 15 is 0 Å². The Morgan fingerprint density at radius 2 is 1.91 bits per heavy atom. The monoisotopic (exact) mass is 499 g/mol. The summed E-state index contributed by atoms with van der Waals surface area (Å²) >= 11 is 6.35. The van der Waals surface area contributed by atoms with E-state index in [2.05, 4.69) is 10.3 Å². The second-order valence-electron chi connectivity index (χ2n) is 9.73. The highest BCUT2D eigenvalue weighted by molar-refractivity contribution is 6.20. The number of hydrogen-bond donors (Lipinski definition) is 3. The highest BCUT2D eigenvalue weighted by Crippen LogP contribution is 2.36. The Kier molecular flexibility index (Phi) is 8.42. The maximum absolute atomic E-state index is 13.0. The van der Waals surface area contributed by atoms with Crippen LogP contribution in [0, 0.1) is 12.8 Å². The smallest absolute Gasteiger partial charge is 0.254 e. The summed E-state index contributed by atoms with van der Waals surface area (Å²) in [5, 5.41) is 23.6. The Labute approximate surface area is 211 Å². The number of pyridine rings is 1. The van der Waals surface area contributed by atoms with Crippen molar-refractivity contribution < 1.29 is 19.8 Å². The number of benzene rings is 1. The summed E-state index contributed by atoms with van der Waals surface area (Å²) in [5.41, 5.74) is 3.81. The minimum absolute atomic E-state index is 0.00456. The molecule has 1 aromatic carbocycles. The fourth-order valence-electron chi connectivity index (χ4n) is 5.39. The lowest BCUT2D eigenvalue weighted by Crippen LogP contribution is -2.53. The maximum atomic E-state index is 13.0. The molecule has 4 rings (SSSR count). The van der Waals surface area contributed by atoms with E-state index < -0.39 is 24.0 Å². The van der Waals surface area contributed by atoms with Crippen molar-refractivity contribution in [2.75, 3.05) is 6.54 Å². The maximum Gasteiger partial charge on any atom is 0.254 e. The van der Waals surface area contributed by atoms with Gasteiger partial charge in [-0.3, -0.25) is 14.6 Å². The predicted octanol–water partition coefficient (Wildman–Crippen LogP) is 3.18. The number of nitrogens with one attached hydrogen (secondary N) is 1. The van der Waals surface area contributed by atoms with Crippen LogP contribution < -0.4 is 5.32 Å². The first-order valence-corrected chi connectivity index (χ1v) is 12.9. The largest absolute Gasteiger partial charge is 0.380 e. The van der Waals surface area contributed by atoms with Gasteiger partial charge in [-0.2, -0.15) is 0 Å². The van der Waals surface area contributed by atoms with Gasteiger partial charge in [0.05, 0.1) is 12.2 Å². The van der Waals surface area contributed by atoms with Crippen LogP contribution in [-0.2, 0) is 16.1 Å². The van der Waals surface area contributed by atoms with E-state index in [9.17, 15) is 19.8 Å². The Morgan fingerprint density at radius 3 is 2.63 bits per heavy atom.